The second-order valence-corrected chi connectivity index (χ2v) is 7.44. The maximum atomic E-state index is 12.2. The van der Waals surface area contributed by atoms with Crippen LogP contribution in [0.3, 0.4) is 0 Å². The highest BCUT2D eigenvalue weighted by Crippen LogP contribution is 2.26. The Balaban J connectivity index is 1.85. The molecule has 0 saturated heterocycles. The molecule has 0 aromatic carbocycles. The van der Waals surface area contributed by atoms with Crippen molar-refractivity contribution < 1.29 is 8.42 Å². The van der Waals surface area contributed by atoms with Crippen LogP contribution in [0, 0.1) is 5.92 Å². The van der Waals surface area contributed by atoms with Crippen molar-refractivity contribution in [1.29, 1.82) is 0 Å². The van der Waals surface area contributed by atoms with Crippen molar-refractivity contribution in [3.8, 4) is 0 Å². The van der Waals surface area contributed by atoms with Crippen molar-refractivity contribution in [2.75, 3.05) is 19.3 Å². The van der Waals surface area contributed by atoms with Crippen LogP contribution in [0.5, 0.6) is 0 Å². The first-order chi connectivity index (χ1) is 9.08. The molecule has 0 N–H and O–H groups in total. The molecule has 0 unspecified atom stereocenters. The second-order valence-electron chi connectivity index (χ2n) is 5.32. The molecule has 0 amide bonds. The lowest BCUT2D eigenvalue weighted by Crippen LogP contribution is -2.33. The van der Waals surface area contributed by atoms with Gasteiger partial charge in [-0.2, -0.15) is 0 Å². The van der Waals surface area contributed by atoms with Crippen LogP contribution in [0.1, 0.15) is 31.4 Å². The Kier molecular flexibility index (Phi) is 4.93. The van der Waals surface area contributed by atoms with Crippen molar-refractivity contribution in [2.24, 2.45) is 5.92 Å². The van der Waals surface area contributed by atoms with Crippen LogP contribution < -0.4 is 0 Å². The Bertz CT molecular complexity index is 481. The average molecular weight is 282 g/mol. The van der Waals surface area contributed by atoms with Gasteiger partial charge in [0, 0.05) is 31.9 Å². The molecule has 1 aliphatic rings. The van der Waals surface area contributed by atoms with Crippen molar-refractivity contribution in [1.82, 2.24) is 9.29 Å². The van der Waals surface area contributed by atoms with E-state index in [1.807, 2.05) is 18.2 Å². The summed E-state index contributed by atoms with van der Waals surface area (Å²) < 4.78 is 25.9. The minimum Gasteiger partial charge on any atom is -0.261 e. The van der Waals surface area contributed by atoms with E-state index < -0.39 is 10.0 Å². The number of aromatic nitrogens is 1. The Morgan fingerprint density at radius 3 is 2.68 bits per heavy atom. The molecule has 0 spiro atoms. The molecule has 1 aromatic heterocycles. The van der Waals surface area contributed by atoms with E-state index in [-0.39, 0.29) is 0 Å². The van der Waals surface area contributed by atoms with Gasteiger partial charge in [-0.05, 0) is 30.9 Å². The van der Waals surface area contributed by atoms with Gasteiger partial charge >= 0.3 is 0 Å². The number of rotatable bonds is 6. The third kappa shape index (κ3) is 4.28. The molecule has 0 atom stereocenters. The zero-order valence-electron chi connectivity index (χ0n) is 11.5. The molecule has 106 valence electrons. The summed E-state index contributed by atoms with van der Waals surface area (Å²) >= 11 is 0. The molecule has 19 heavy (non-hydrogen) atoms. The van der Waals surface area contributed by atoms with Gasteiger partial charge in [0.25, 0.3) is 0 Å². The quantitative estimate of drug-likeness (QED) is 0.802. The fourth-order valence-corrected chi connectivity index (χ4v) is 4.11. The Labute approximate surface area is 115 Å². The topological polar surface area (TPSA) is 50.3 Å². The lowest BCUT2D eigenvalue weighted by Gasteiger charge is -2.19. The summed E-state index contributed by atoms with van der Waals surface area (Å²) in [5.74, 6) is 0.674. The van der Waals surface area contributed by atoms with E-state index in [0.717, 1.165) is 18.5 Å². The molecule has 5 heteroatoms. The predicted octanol–water partition coefficient (Wildman–Crippen LogP) is 2.08. The first-order valence-corrected chi connectivity index (χ1v) is 8.53. The highest BCUT2D eigenvalue weighted by Gasteiger charge is 2.25. The normalized spacial score (nSPS) is 17.2. The molecule has 1 heterocycles. The van der Waals surface area contributed by atoms with Crippen LogP contribution in [-0.2, 0) is 16.4 Å². The summed E-state index contributed by atoms with van der Waals surface area (Å²) in [7, 11) is -1.43. The van der Waals surface area contributed by atoms with Crippen molar-refractivity contribution in [3.63, 3.8) is 0 Å². The van der Waals surface area contributed by atoms with Crippen LogP contribution in [0.4, 0.5) is 0 Å². The first kappa shape index (κ1) is 14.5. The summed E-state index contributed by atoms with van der Waals surface area (Å²) in [6.07, 6.45) is 6.89. The maximum Gasteiger partial charge on any atom is 0.214 e. The van der Waals surface area contributed by atoms with Crippen molar-refractivity contribution in [2.45, 2.75) is 32.1 Å². The standard InChI is InChI=1S/C14H22N2O2S/c1-16(11-9-14-8-4-5-10-15-14)19(17,18)12-13-6-2-3-7-13/h4-5,8,10,13H,2-3,6-7,9,11-12H2,1H3. The molecule has 1 fully saturated rings. The van der Waals surface area contributed by atoms with Gasteiger partial charge < -0.3 is 0 Å². The van der Waals surface area contributed by atoms with Gasteiger partial charge in [-0.15, -0.1) is 0 Å². The predicted molar refractivity (Wildman–Crippen MR) is 76.3 cm³/mol. The van der Waals surface area contributed by atoms with Gasteiger partial charge in [0.05, 0.1) is 5.75 Å². The molecule has 0 aliphatic heterocycles. The molecule has 4 nitrogen and oxygen atoms in total. The number of sulfonamides is 1. The lowest BCUT2D eigenvalue weighted by molar-refractivity contribution is 0.458. The van der Waals surface area contributed by atoms with E-state index in [4.69, 9.17) is 0 Å². The molecular formula is C14H22N2O2S. The summed E-state index contributed by atoms with van der Waals surface area (Å²) in [4.78, 5) is 4.21. The van der Waals surface area contributed by atoms with Crippen LogP contribution >= 0.6 is 0 Å². The van der Waals surface area contributed by atoms with Gasteiger partial charge in [-0.1, -0.05) is 18.9 Å². The molecule has 1 aliphatic carbocycles. The maximum absolute atomic E-state index is 12.2. The summed E-state index contributed by atoms with van der Waals surface area (Å²) in [5.41, 5.74) is 0.936. The number of nitrogens with zero attached hydrogens (tertiary/aromatic N) is 2. The minimum atomic E-state index is -3.11. The molecular weight excluding hydrogens is 260 g/mol. The molecule has 1 saturated carbocycles. The van der Waals surface area contributed by atoms with E-state index in [1.165, 1.54) is 17.1 Å². The monoisotopic (exact) mass is 282 g/mol. The van der Waals surface area contributed by atoms with Crippen LogP contribution in [0.15, 0.2) is 24.4 Å². The SMILES string of the molecule is CN(CCc1ccccn1)S(=O)(=O)CC1CCCC1. The van der Waals surface area contributed by atoms with Gasteiger partial charge in [0.1, 0.15) is 0 Å². The Hall–Kier alpha value is -0.940. The second kappa shape index (κ2) is 6.48. The Morgan fingerprint density at radius 1 is 1.32 bits per heavy atom. The van der Waals surface area contributed by atoms with E-state index in [0.29, 0.717) is 24.6 Å². The number of likely N-dealkylation sites (N-methyl/N-ethyl adjacent to an activating group) is 1. The lowest BCUT2D eigenvalue weighted by atomic mass is 10.1. The number of pyridine rings is 1. The largest absolute Gasteiger partial charge is 0.261 e. The van der Waals surface area contributed by atoms with E-state index in [9.17, 15) is 8.42 Å². The third-order valence-corrected chi connectivity index (χ3v) is 5.83. The van der Waals surface area contributed by atoms with Gasteiger partial charge in [0.2, 0.25) is 10.0 Å². The minimum absolute atomic E-state index is 0.311. The zero-order chi connectivity index (χ0) is 13.7. The highest BCUT2D eigenvalue weighted by atomic mass is 32.2. The molecule has 0 radical (unpaired) electrons. The smallest absolute Gasteiger partial charge is 0.214 e. The van der Waals surface area contributed by atoms with E-state index in [1.54, 1.807) is 13.2 Å². The van der Waals surface area contributed by atoms with E-state index in [2.05, 4.69) is 4.98 Å². The van der Waals surface area contributed by atoms with Crippen LogP contribution in [0.2, 0.25) is 0 Å². The molecule has 0 bridgehead atoms. The number of hydrogen-bond acceptors (Lipinski definition) is 3. The summed E-state index contributed by atoms with van der Waals surface area (Å²) in [6, 6.07) is 5.72. The van der Waals surface area contributed by atoms with E-state index >= 15 is 0 Å². The van der Waals surface area contributed by atoms with Crippen molar-refractivity contribution >= 4 is 10.0 Å². The molecule has 2 rings (SSSR count). The first-order valence-electron chi connectivity index (χ1n) is 6.92. The number of hydrogen-bond donors (Lipinski definition) is 0. The van der Waals surface area contributed by atoms with Crippen LogP contribution in [0.25, 0.3) is 0 Å². The Morgan fingerprint density at radius 2 is 2.05 bits per heavy atom. The van der Waals surface area contributed by atoms with Crippen LogP contribution in [-0.4, -0.2) is 37.1 Å². The average Bonchev–Trinajstić information content (AvgIpc) is 2.89. The third-order valence-electron chi connectivity index (χ3n) is 3.80. The summed E-state index contributed by atoms with van der Waals surface area (Å²) in [5, 5.41) is 0. The van der Waals surface area contributed by atoms with Gasteiger partial charge in [-0.25, -0.2) is 12.7 Å². The van der Waals surface area contributed by atoms with Crippen molar-refractivity contribution in [3.05, 3.63) is 30.1 Å². The fraction of sp³-hybridized carbons (Fsp3) is 0.643. The molecule has 1 aromatic rings. The zero-order valence-corrected chi connectivity index (χ0v) is 12.3. The summed E-state index contributed by atoms with van der Waals surface area (Å²) in [6.45, 7) is 0.506. The highest BCUT2D eigenvalue weighted by molar-refractivity contribution is 7.89. The van der Waals surface area contributed by atoms with Gasteiger partial charge in [-0.3, -0.25) is 4.98 Å². The van der Waals surface area contributed by atoms with Gasteiger partial charge in [0.15, 0.2) is 0 Å². The fourth-order valence-electron chi connectivity index (χ4n) is 2.56.